The molecular weight excluding hydrogens is 491 g/mol. The summed E-state index contributed by atoms with van der Waals surface area (Å²) in [5.41, 5.74) is 0.885. The predicted molar refractivity (Wildman–Crippen MR) is 119 cm³/mol. The summed E-state index contributed by atoms with van der Waals surface area (Å²) in [5.74, 6) is 0.144. The van der Waals surface area contributed by atoms with Crippen molar-refractivity contribution < 1.29 is 14.3 Å². The number of benzene rings is 2. The van der Waals surface area contributed by atoms with E-state index < -0.39 is 6.04 Å². The number of carbonyl (C=O) groups excluding carboxylic acids is 2. The summed E-state index contributed by atoms with van der Waals surface area (Å²) < 4.78 is 6.71. The van der Waals surface area contributed by atoms with Gasteiger partial charge < -0.3 is 15.0 Å². The lowest BCUT2D eigenvalue weighted by molar-refractivity contribution is -0.142. The highest BCUT2D eigenvalue weighted by Gasteiger charge is 2.26. The normalized spacial score (nSPS) is 11.8. The highest BCUT2D eigenvalue weighted by molar-refractivity contribution is 14.1. The minimum atomic E-state index is -0.633. The van der Waals surface area contributed by atoms with E-state index >= 15 is 0 Å². The third kappa shape index (κ3) is 6.98. The third-order valence-corrected chi connectivity index (χ3v) is 5.01. The van der Waals surface area contributed by atoms with E-state index in [4.69, 9.17) is 16.3 Å². The van der Waals surface area contributed by atoms with Crippen molar-refractivity contribution in [1.29, 1.82) is 0 Å². The van der Waals surface area contributed by atoms with Crippen molar-refractivity contribution in [3.8, 4) is 5.75 Å². The van der Waals surface area contributed by atoms with Gasteiger partial charge in [0.2, 0.25) is 5.91 Å². The first kappa shape index (κ1) is 22.5. The molecular formula is C21H24ClIN2O3. The molecule has 0 saturated carbocycles. The number of nitrogens with zero attached hydrogens (tertiary/aromatic N) is 1. The minimum absolute atomic E-state index is 0.00882. The molecule has 1 atom stereocenters. The zero-order valence-electron chi connectivity index (χ0n) is 16.1. The molecule has 0 bridgehead atoms. The molecule has 0 radical (unpaired) electrons. The topological polar surface area (TPSA) is 58.6 Å². The van der Waals surface area contributed by atoms with Crippen molar-refractivity contribution in [2.75, 3.05) is 6.61 Å². The predicted octanol–water partition coefficient (Wildman–Crippen LogP) is 4.27. The number of nitrogens with one attached hydrogen (secondary N) is 1. The number of halogens is 2. The maximum absolute atomic E-state index is 12.9. The van der Waals surface area contributed by atoms with Crippen LogP contribution < -0.4 is 10.1 Å². The Hall–Kier alpha value is -1.80. The molecule has 7 heteroatoms. The van der Waals surface area contributed by atoms with Gasteiger partial charge in [0.25, 0.3) is 5.91 Å². The minimum Gasteiger partial charge on any atom is -0.484 e. The average molecular weight is 515 g/mol. The number of amides is 2. The molecule has 2 amide bonds. The van der Waals surface area contributed by atoms with Gasteiger partial charge in [0.05, 0.1) is 0 Å². The van der Waals surface area contributed by atoms with Crippen molar-refractivity contribution in [3.63, 3.8) is 0 Å². The van der Waals surface area contributed by atoms with Gasteiger partial charge in [-0.2, -0.15) is 0 Å². The maximum Gasteiger partial charge on any atom is 0.261 e. The number of hydrogen-bond acceptors (Lipinski definition) is 3. The highest BCUT2D eigenvalue weighted by Crippen LogP contribution is 2.16. The van der Waals surface area contributed by atoms with E-state index in [2.05, 4.69) is 27.9 Å². The first-order valence-electron chi connectivity index (χ1n) is 8.99. The molecule has 0 aliphatic rings. The van der Waals surface area contributed by atoms with Crippen molar-refractivity contribution in [3.05, 3.63) is 62.7 Å². The van der Waals surface area contributed by atoms with Gasteiger partial charge in [-0.25, -0.2) is 0 Å². The largest absolute Gasteiger partial charge is 0.484 e. The molecule has 28 heavy (non-hydrogen) atoms. The Kier molecular flexibility index (Phi) is 8.57. The third-order valence-electron chi connectivity index (χ3n) is 4.04. The summed E-state index contributed by atoms with van der Waals surface area (Å²) in [7, 11) is 0. The molecule has 2 aromatic carbocycles. The van der Waals surface area contributed by atoms with E-state index in [0.29, 0.717) is 17.3 Å². The van der Waals surface area contributed by atoms with E-state index in [1.807, 2.05) is 50.2 Å². The summed E-state index contributed by atoms with van der Waals surface area (Å²) in [4.78, 5) is 26.9. The SMILES string of the molecule is CC(C)NC(=O)[C@@H](C)N(Cc1ccc(Cl)cc1)C(=O)COc1ccc(I)cc1. The molecule has 150 valence electrons. The first-order chi connectivity index (χ1) is 13.3. The Bertz CT molecular complexity index is 794. The Balaban J connectivity index is 2.12. The molecule has 0 heterocycles. The summed E-state index contributed by atoms with van der Waals surface area (Å²) in [6, 6.07) is 14.0. The maximum atomic E-state index is 12.9. The Morgan fingerprint density at radius 3 is 2.25 bits per heavy atom. The van der Waals surface area contributed by atoms with Crippen LogP contribution in [0.5, 0.6) is 5.75 Å². The zero-order valence-corrected chi connectivity index (χ0v) is 19.0. The zero-order chi connectivity index (χ0) is 20.7. The standard InChI is InChI=1S/C21H24ClIN2O3/c1-14(2)24-21(27)15(3)25(12-16-4-6-17(22)7-5-16)20(26)13-28-19-10-8-18(23)9-11-19/h4-11,14-15H,12-13H2,1-3H3,(H,24,27)/t15-/m1/s1. The molecule has 0 aromatic heterocycles. The highest BCUT2D eigenvalue weighted by atomic mass is 127. The molecule has 0 unspecified atom stereocenters. The first-order valence-corrected chi connectivity index (χ1v) is 10.4. The van der Waals surface area contributed by atoms with Crippen molar-refractivity contribution in [1.82, 2.24) is 10.2 Å². The van der Waals surface area contributed by atoms with Crippen LogP contribution in [-0.4, -0.2) is 35.4 Å². The Labute approximate surface area is 184 Å². The van der Waals surface area contributed by atoms with Crippen LogP contribution in [0, 0.1) is 3.57 Å². The fourth-order valence-corrected chi connectivity index (χ4v) is 3.02. The molecule has 0 aliphatic carbocycles. The fourth-order valence-electron chi connectivity index (χ4n) is 2.53. The van der Waals surface area contributed by atoms with Gasteiger partial charge in [-0.15, -0.1) is 0 Å². The monoisotopic (exact) mass is 514 g/mol. The van der Waals surface area contributed by atoms with Gasteiger partial charge >= 0.3 is 0 Å². The number of carbonyl (C=O) groups is 2. The average Bonchev–Trinajstić information content (AvgIpc) is 2.65. The summed E-state index contributed by atoms with van der Waals surface area (Å²) in [6.45, 7) is 5.63. The van der Waals surface area contributed by atoms with Gasteiger partial charge in [-0.3, -0.25) is 9.59 Å². The van der Waals surface area contributed by atoms with E-state index in [1.54, 1.807) is 19.1 Å². The van der Waals surface area contributed by atoms with E-state index in [1.165, 1.54) is 4.90 Å². The van der Waals surface area contributed by atoms with Gasteiger partial charge in [-0.05, 0) is 85.3 Å². The fraction of sp³-hybridized carbons (Fsp3) is 0.333. The lowest BCUT2D eigenvalue weighted by Gasteiger charge is -2.29. The molecule has 2 aromatic rings. The van der Waals surface area contributed by atoms with E-state index in [0.717, 1.165) is 9.13 Å². The van der Waals surface area contributed by atoms with E-state index in [9.17, 15) is 9.59 Å². The van der Waals surface area contributed by atoms with Crippen LogP contribution in [-0.2, 0) is 16.1 Å². The van der Waals surface area contributed by atoms with E-state index in [-0.39, 0.29) is 24.5 Å². The van der Waals surface area contributed by atoms with Crippen LogP contribution in [0.25, 0.3) is 0 Å². The Morgan fingerprint density at radius 1 is 1.07 bits per heavy atom. The van der Waals surface area contributed by atoms with Gasteiger partial charge in [0.15, 0.2) is 6.61 Å². The quantitative estimate of drug-likeness (QED) is 0.536. The molecule has 0 aliphatic heterocycles. The second-order valence-corrected chi connectivity index (χ2v) is 8.41. The van der Waals surface area contributed by atoms with Crippen LogP contribution in [0.4, 0.5) is 0 Å². The van der Waals surface area contributed by atoms with Gasteiger partial charge in [-0.1, -0.05) is 23.7 Å². The van der Waals surface area contributed by atoms with Crippen molar-refractivity contribution >= 4 is 46.0 Å². The van der Waals surface area contributed by atoms with Crippen LogP contribution in [0.1, 0.15) is 26.3 Å². The summed E-state index contributed by atoms with van der Waals surface area (Å²) in [5, 5.41) is 3.48. The second kappa shape index (κ2) is 10.7. The molecule has 0 spiro atoms. The molecule has 2 rings (SSSR count). The number of rotatable bonds is 8. The summed E-state index contributed by atoms with van der Waals surface area (Å²) >= 11 is 8.15. The lowest BCUT2D eigenvalue weighted by Crippen LogP contribution is -2.50. The second-order valence-electron chi connectivity index (χ2n) is 6.73. The van der Waals surface area contributed by atoms with Crippen molar-refractivity contribution in [2.45, 2.75) is 39.4 Å². The van der Waals surface area contributed by atoms with Gasteiger partial charge in [0.1, 0.15) is 11.8 Å². The smallest absolute Gasteiger partial charge is 0.261 e. The van der Waals surface area contributed by atoms with Crippen LogP contribution in [0.2, 0.25) is 5.02 Å². The van der Waals surface area contributed by atoms with Gasteiger partial charge in [0, 0.05) is 21.2 Å². The number of ether oxygens (including phenoxy) is 1. The van der Waals surface area contributed by atoms with Crippen LogP contribution >= 0.6 is 34.2 Å². The Morgan fingerprint density at radius 2 is 1.68 bits per heavy atom. The molecule has 1 N–H and O–H groups in total. The summed E-state index contributed by atoms with van der Waals surface area (Å²) in [6.07, 6.45) is 0. The van der Waals surface area contributed by atoms with Crippen LogP contribution in [0.15, 0.2) is 48.5 Å². The lowest BCUT2D eigenvalue weighted by atomic mass is 10.1. The molecule has 0 saturated heterocycles. The number of hydrogen-bond donors (Lipinski definition) is 1. The van der Waals surface area contributed by atoms with Crippen molar-refractivity contribution in [2.24, 2.45) is 0 Å². The van der Waals surface area contributed by atoms with Crippen LogP contribution in [0.3, 0.4) is 0 Å². The molecule has 5 nitrogen and oxygen atoms in total. The molecule has 0 fully saturated rings.